The second-order valence-electron chi connectivity index (χ2n) is 1.56. The average molecular weight is 166 g/mol. The minimum absolute atomic E-state index is 0.551. The fourth-order valence-corrected chi connectivity index (χ4v) is 1.75. The first-order chi connectivity index (χ1) is 4.06. The lowest BCUT2D eigenvalue weighted by atomic mass is 10.6. The van der Waals surface area contributed by atoms with E-state index < -0.39 is 8.87 Å². The Hall–Kier alpha value is 0.0400. The van der Waals surface area contributed by atoms with Gasteiger partial charge in [-0.3, -0.25) is 0 Å². The smallest absolute Gasteiger partial charge is 0.198 e. The van der Waals surface area contributed by atoms with Gasteiger partial charge in [-0.15, -0.1) is 0 Å². The van der Waals surface area contributed by atoms with Gasteiger partial charge in [-0.2, -0.15) is 0 Å². The zero-order chi connectivity index (χ0) is 7.33. The van der Waals surface area contributed by atoms with Gasteiger partial charge in [0.1, 0.15) is 0 Å². The lowest BCUT2D eigenvalue weighted by Crippen LogP contribution is -1.87. The Morgan fingerprint density at radius 3 is 2.44 bits per heavy atom. The first-order valence-corrected chi connectivity index (χ1v) is 5.91. The van der Waals surface area contributed by atoms with Crippen molar-refractivity contribution in [2.75, 3.05) is 12.0 Å². The largest absolute Gasteiger partial charge is 0.218 e. The summed E-state index contributed by atoms with van der Waals surface area (Å²) >= 11 is 0. The second kappa shape index (κ2) is 3.95. The Morgan fingerprint density at radius 2 is 2.11 bits per heavy atom. The summed E-state index contributed by atoms with van der Waals surface area (Å²) in [6, 6.07) is 0. The Morgan fingerprint density at radius 1 is 1.56 bits per heavy atom. The highest BCUT2D eigenvalue weighted by molar-refractivity contribution is 8.71. The van der Waals surface area contributed by atoms with Crippen molar-refractivity contribution in [3.05, 3.63) is 12.2 Å². The van der Waals surface area contributed by atoms with E-state index in [9.17, 15) is 8.42 Å². The van der Waals surface area contributed by atoms with E-state index in [4.69, 9.17) is 0 Å². The van der Waals surface area contributed by atoms with Crippen molar-refractivity contribution in [2.45, 2.75) is 6.92 Å². The van der Waals surface area contributed by atoms with Crippen LogP contribution >= 0.6 is 10.8 Å². The highest BCUT2D eigenvalue weighted by atomic mass is 33.1. The van der Waals surface area contributed by atoms with Gasteiger partial charge in [0, 0.05) is 12.0 Å². The summed E-state index contributed by atoms with van der Waals surface area (Å²) in [7, 11) is -1.89. The molecule has 0 aromatic carbocycles. The van der Waals surface area contributed by atoms with Gasteiger partial charge >= 0.3 is 0 Å². The van der Waals surface area contributed by atoms with Crippen LogP contribution in [0, 0.1) is 0 Å². The maximum Gasteiger partial charge on any atom is 0.198 e. The molecule has 0 unspecified atom stereocenters. The Bertz CT molecular complexity index is 179. The highest BCUT2D eigenvalue weighted by Crippen LogP contribution is 2.08. The number of allylic oxidation sites excluding steroid dienone is 1. The van der Waals surface area contributed by atoms with Crippen molar-refractivity contribution >= 4 is 19.7 Å². The van der Waals surface area contributed by atoms with Gasteiger partial charge < -0.3 is 0 Å². The molecule has 0 radical (unpaired) electrons. The van der Waals surface area contributed by atoms with E-state index in [1.54, 1.807) is 0 Å². The molecule has 0 saturated heterocycles. The standard InChI is InChI=1S/C5H10O2S2/c1-3-4-5-8-9(2,6)7/h3-4H,5H2,1-2H3. The minimum atomic E-state index is -2.83. The van der Waals surface area contributed by atoms with Gasteiger partial charge in [0.25, 0.3) is 0 Å². The van der Waals surface area contributed by atoms with Crippen LogP contribution in [0.5, 0.6) is 0 Å². The van der Waals surface area contributed by atoms with Crippen LogP contribution in [0.4, 0.5) is 0 Å². The molecule has 0 aliphatic heterocycles. The monoisotopic (exact) mass is 166 g/mol. The van der Waals surface area contributed by atoms with Crippen LogP contribution in [0.1, 0.15) is 6.92 Å². The SMILES string of the molecule is CC=CCSS(C)(=O)=O. The number of hydrogen-bond donors (Lipinski definition) is 0. The van der Waals surface area contributed by atoms with E-state index in [1.807, 2.05) is 19.1 Å². The van der Waals surface area contributed by atoms with Crippen molar-refractivity contribution in [1.82, 2.24) is 0 Å². The quantitative estimate of drug-likeness (QED) is 0.467. The molecular weight excluding hydrogens is 156 g/mol. The fraction of sp³-hybridized carbons (Fsp3) is 0.600. The Labute approximate surface area is 59.7 Å². The normalized spacial score (nSPS) is 12.7. The van der Waals surface area contributed by atoms with E-state index in [1.165, 1.54) is 6.26 Å². The molecule has 0 amide bonds. The molecule has 0 fully saturated rings. The van der Waals surface area contributed by atoms with Crippen molar-refractivity contribution in [3.63, 3.8) is 0 Å². The molecule has 0 saturated carbocycles. The van der Waals surface area contributed by atoms with Crippen LogP contribution in [0.2, 0.25) is 0 Å². The molecule has 9 heavy (non-hydrogen) atoms. The molecule has 0 aromatic heterocycles. The Balaban J connectivity index is 3.53. The zero-order valence-corrected chi connectivity index (χ0v) is 7.13. The van der Waals surface area contributed by atoms with E-state index in [0.717, 1.165) is 10.8 Å². The lowest BCUT2D eigenvalue weighted by molar-refractivity contribution is 0.615. The molecular formula is C5H10O2S2. The van der Waals surface area contributed by atoms with Gasteiger partial charge in [0.15, 0.2) is 8.87 Å². The summed E-state index contributed by atoms with van der Waals surface area (Å²) < 4.78 is 20.9. The van der Waals surface area contributed by atoms with Crippen LogP contribution in [0.3, 0.4) is 0 Å². The molecule has 4 heteroatoms. The fourth-order valence-electron chi connectivity index (χ4n) is 0.259. The summed E-state index contributed by atoms with van der Waals surface area (Å²) in [5.74, 6) is 0.551. The van der Waals surface area contributed by atoms with Crippen LogP contribution in [0.15, 0.2) is 12.2 Å². The van der Waals surface area contributed by atoms with Gasteiger partial charge in [-0.05, 0) is 17.7 Å². The predicted octanol–water partition coefficient (Wildman–Crippen LogP) is 1.26. The predicted molar refractivity (Wildman–Crippen MR) is 42.1 cm³/mol. The van der Waals surface area contributed by atoms with Crippen LogP contribution in [0.25, 0.3) is 0 Å². The third-order valence-corrected chi connectivity index (χ3v) is 3.06. The van der Waals surface area contributed by atoms with Crippen molar-refractivity contribution in [1.29, 1.82) is 0 Å². The molecule has 0 heterocycles. The molecule has 54 valence electrons. The molecule has 0 bridgehead atoms. The topological polar surface area (TPSA) is 34.1 Å². The first kappa shape index (κ1) is 9.04. The van der Waals surface area contributed by atoms with Crippen LogP contribution < -0.4 is 0 Å². The summed E-state index contributed by atoms with van der Waals surface area (Å²) in [6.45, 7) is 1.86. The van der Waals surface area contributed by atoms with E-state index in [2.05, 4.69) is 0 Å². The van der Waals surface area contributed by atoms with Crippen molar-refractivity contribution < 1.29 is 8.42 Å². The minimum Gasteiger partial charge on any atom is -0.218 e. The Kier molecular flexibility index (Phi) is 3.97. The molecule has 0 aliphatic carbocycles. The summed E-state index contributed by atoms with van der Waals surface area (Å²) in [4.78, 5) is 0. The van der Waals surface area contributed by atoms with Crippen molar-refractivity contribution in [2.24, 2.45) is 0 Å². The molecule has 0 atom stereocenters. The van der Waals surface area contributed by atoms with Gasteiger partial charge in [-0.25, -0.2) is 8.42 Å². The summed E-state index contributed by atoms with van der Waals surface area (Å²) in [5, 5.41) is 0. The zero-order valence-electron chi connectivity index (χ0n) is 5.49. The first-order valence-electron chi connectivity index (χ1n) is 2.52. The second-order valence-corrected chi connectivity index (χ2v) is 6.06. The van der Waals surface area contributed by atoms with E-state index in [0.29, 0.717) is 5.75 Å². The van der Waals surface area contributed by atoms with Crippen LogP contribution in [-0.2, 0) is 8.87 Å². The molecule has 0 aromatic rings. The van der Waals surface area contributed by atoms with Crippen molar-refractivity contribution in [3.8, 4) is 0 Å². The lowest BCUT2D eigenvalue weighted by Gasteiger charge is -1.89. The summed E-state index contributed by atoms with van der Waals surface area (Å²) in [5.41, 5.74) is 0. The third-order valence-electron chi connectivity index (χ3n) is 0.614. The van der Waals surface area contributed by atoms with Gasteiger partial charge in [0.2, 0.25) is 0 Å². The number of hydrogen-bond acceptors (Lipinski definition) is 3. The van der Waals surface area contributed by atoms with E-state index >= 15 is 0 Å². The highest BCUT2D eigenvalue weighted by Gasteiger charge is 1.97. The number of rotatable bonds is 3. The van der Waals surface area contributed by atoms with Gasteiger partial charge in [-0.1, -0.05) is 12.2 Å². The molecule has 0 spiro atoms. The molecule has 0 N–H and O–H groups in total. The maximum atomic E-state index is 10.4. The molecule has 0 aliphatic rings. The van der Waals surface area contributed by atoms with Crippen LogP contribution in [-0.4, -0.2) is 20.4 Å². The maximum absolute atomic E-state index is 10.4. The van der Waals surface area contributed by atoms with Gasteiger partial charge in [0.05, 0.1) is 0 Å². The third kappa shape index (κ3) is 8.04. The average Bonchev–Trinajstić information content (AvgIpc) is 1.63. The summed E-state index contributed by atoms with van der Waals surface area (Å²) in [6.07, 6.45) is 4.85. The molecule has 2 nitrogen and oxygen atoms in total. The van der Waals surface area contributed by atoms with E-state index in [-0.39, 0.29) is 0 Å². The molecule has 0 rings (SSSR count).